The third kappa shape index (κ3) is 9.21. The van der Waals surface area contributed by atoms with Crippen molar-refractivity contribution in [1.82, 2.24) is 5.32 Å². The fourth-order valence-electron chi connectivity index (χ4n) is 0.881. The minimum Gasteiger partial charge on any atom is -0.466 e. The Hall–Kier alpha value is -1.10. The van der Waals surface area contributed by atoms with E-state index in [1.807, 2.05) is 6.92 Å². The Balaban J connectivity index is 3.30. The van der Waals surface area contributed by atoms with Crippen LogP contribution >= 0.6 is 0 Å². The van der Waals surface area contributed by atoms with E-state index in [-0.39, 0.29) is 24.9 Å². The molecule has 15 heavy (non-hydrogen) atoms. The molecule has 0 aromatic rings. The SMILES string of the molecule is CCCOC(=O)CNCCC(=O)OCC. The molecule has 0 amide bonds. The zero-order valence-corrected chi connectivity index (χ0v) is 9.38. The van der Waals surface area contributed by atoms with E-state index >= 15 is 0 Å². The molecule has 0 radical (unpaired) electrons. The van der Waals surface area contributed by atoms with Crippen LogP contribution in [-0.2, 0) is 19.1 Å². The molecule has 5 nitrogen and oxygen atoms in total. The first-order chi connectivity index (χ1) is 7.20. The van der Waals surface area contributed by atoms with Gasteiger partial charge in [-0.1, -0.05) is 6.92 Å². The van der Waals surface area contributed by atoms with Crippen molar-refractivity contribution in [1.29, 1.82) is 0 Å². The normalized spacial score (nSPS) is 9.73. The molecule has 88 valence electrons. The largest absolute Gasteiger partial charge is 0.466 e. The molecule has 0 saturated heterocycles. The molecular formula is C10H19NO4. The molecule has 0 aromatic carbocycles. The second-order valence-corrected chi connectivity index (χ2v) is 2.95. The van der Waals surface area contributed by atoms with E-state index in [1.54, 1.807) is 6.92 Å². The van der Waals surface area contributed by atoms with Crippen molar-refractivity contribution in [2.45, 2.75) is 26.7 Å². The minimum atomic E-state index is -0.291. The summed E-state index contributed by atoms with van der Waals surface area (Å²) in [6.45, 7) is 5.09. The topological polar surface area (TPSA) is 64.6 Å². The average Bonchev–Trinajstić information content (AvgIpc) is 2.22. The smallest absolute Gasteiger partial charge is 0.319 e. The molecule has 0 aliphatic heterocycles. The monoisotopic (exact) mass is 217 g/mol. The number of hydrogen-bond acceptors (Lipinski definition) is 5. The van der Waals surface area contributed by atoms with Crippen LogP contribution in [-0.4, -0.2) is 38.2 Å². The summed E-state index contributed by atoms with van der Waals surface area (Å²) in [5.74, 6) is -0.548. The van der Waals surface area contributed by atoms with Gasteiger partial charge in [0.2, 0.25) is 0 Å². The van der Waals surface area contributed by atoms with Gasteiger partial charge in [-0.3, -0.25) is 9.59 Å². The molecule has 0 aliphatic carbocycles. The molecule has 0 spiro atoms. The van der Waals surface area contributed by atoms with Crippen molar-refractivity contribution in [3.63, 3.8) is 0 Å². The molecule has 0 aromatic heterocycles. The summed E-state index contributed by atoms with van der Waals surface area (Å²) in [5.41, 5.74) is 0. The van der Waals surface area contributed by atoms with Crippen LogP contribution in [0, 0.1) is 0 Å². The van der Waals surface area contributed by atoms with Crippen LogP contribution in [0.1, 0.15) is 26.7 Å². The van der Waals surface area contributed by atoms with Crippen molar-refractivity contribution < 1.29 is 19.1 Å². The Morgan fingerprint density at radius 1 is 1.13 bits per heavy atom. The fraction of sp³-hybridized carbons (Fsp3) is 0.800. The number of esters is 2. The standard InChI is InChI=1S/C10H19NO4/c1-3-7-15-10(13)8-11-6-5-9(12)14-4-2/h11H,3-8H2,1-2H3. The van der Waals surface area contributed by atoms with Crippen molar-refractivity contribution in [2.24, 2.45) is 0 Å². The Bertz CT molecular complexity index is 194. The van der Waals surface area contributed by atoms with E-state index in [2.05, 4.69) is 5.32 Å². The molecule has 0 fully saturated rings. The molecular weight excluding hydrogens is 198 g/mol. The van der Waals surface area contributed by atoms with Crippen LogP contribution < -0.4 is 5.32 Å². The maximum Gasteiger partial charge on any atom is 0.319 e. The lowest BCUT2D eigenvalue weighted by atomic mass is 10.4. The van der Waals surface area contributed by atoms with Crippen molar-refractivity contribution in [2.75, 3.05) is 26.3 Å². The Morgan fingerprint density at radius 3 is 2.47 bits per heavy atom. The van der Waals surface area contributed by atoms with Gasteiger partial charge in [0.25, 0.3) is 0 Å². The quantitative estimate of drug-likeness (QED) is 0.473. The van der Waals surface area contributed by atoms with Crippen LogP contribution in [0.2, 0.25) is 0 Å². The summed E-state index contributed by atoms with van der Waals surface area (Å²) in [5, 5.41) is 2.81. The summed E-state index contributed by atoms with van der Waals surface area (Å²) >= 11 is 0. The van der Waals surface area contributed by atoms with E-state index in [0.29, 0.717) is 19.8 Å². The summed E-state index contributed by atoms with van der Waals surface area (Å²) in [6.07, 6.45) is 1.09. The summed E-state index contributed by atoms with van der Waals surface area (Å²) in [7, 11) is 0. The second-order valence-electron chi connectivity index (χ2n) is 2.95. The third-order valence-electron chi connectivity index (χ3n) is 1.55. The Morgan fingerprint density at radius 2 is 1.87 bits per heavy atom. The van der Waals surface area contributed by atoms with Gasteiger partial charge in [-0.15, -0.1) is 0 Å². The first-order valence-electron chi connectivity index (χ1n) is 5.22. The van der Waals surface area contributed by atoms with E-state index in [9.17, 15) is 9.59 Å². The van der Waals surface area contributed by atoms with Gasteiger partial charge < -0.3 is 14.8 Å². The molecule has 0 saturated carbocycles. The minimum absolute atomic E-state index is 0.138. The van der Waals surface area contributed by atoms with Crippen LogP contribution in [0.3, 0.4) is 0 Å². The number of carbonyl (C=O) groups is 2. The molecule has 5 heteroatoms. The van der Waals surface area contributed by atoms with Crippen molar-refractivity contribution >= 4 is 11.9 Å². The van der Waals surface area contributed by atoms with Crippen LogP contribution in [0.5, 0.6) is 0 Å². The zero-order chi connectivity index (χ0) is 11.5. The van der Waals surface area contributed by atoms with Gasteiger partial charge in [0, 0.05) is 6.54 Å². The molecule has 1 N–H and O–H groups in total. The van der Waals surface area contributed by atoms with Crippen LogP contribution in [0.4, 0.5) is 0 Å². The number of nitrogens with one attached hydrogen (secondary N) is 1. The lowest BCUT2D eigenvalue weighted by molar-refractivity contribution is -0.144. The lowest BCUT2D eigenvalue weighted by Gasteiger charge is -2.04. The maximum absolute atomic E-state index is 11.0. The maximum atomic E-state index is 11.0. The molecule has 0 atom stereocenters. The number of rotatable bonds is 8. The molecule has 0 aliphatic rings. The highest BCUT2D eigenvalue weighted by Crippen LogP contribution is 1.85. The summed E-state index contributed by atoms with van der Waals surface area (Å²) in [4.78, 5) is 21.9. The van der Waals surface area contributed by atoms with E-state index in [4.69, 9.17) is 9.47 Å². The number of hydrogen-bond donors (Lipinski definition) is 1. The Labute approximate surface area is 90.1 Å². The van der Waals surface area contributed by atoms with Crippen molar-refractivity contribution in [3.05, 3.63) is 0 Å². The predicted molar refractivity (Wildman–Crippen MR) is 55.4 cm³/mol. The van der Waals surface area contributed by atoms with E-state index in [0.717, 1.165) is 6.42 Å². The average molecular weight is 217 g/mol. The number of ether oxygens (including phenoxy) is 2. The van der Waals surface area contributed by atoms with Gasteiger partial charge >= 0.3 is 11.9 Å². The lowest BCUT2D eigenvalue weighted by Crippen LogP contribution is -2.27. The van der Waals surface area contributed by atoms with E-state index < -0.39 is 0 Å². The van der Waals surface area contributed by atoms with Crippen LogP contribution in [0.15, 0.2) is 0 Å². The summed E-state index contributed by atoms with van der Waals surface area (Å²) in [6, 6.07) is 0. The molecule has 0 bridgehead atoms. The first-order valence-corrected chi connectivity index (χ1v) is 5.22. The molecule has 0 rings (SSSR count). The van der Waals surface area contributed by atoms with Gasteiger partial charge in [-0.05, 0) is 13.3 Å². The Kier molecular flexibility index (Phi) is 8.76. The molecule has 0 unspecified atom stereocenters. The first kappa shape index (κ1) is 13.9. The number of carbonyl (C=O) groups excluding carboxylic acids is 2. The zero-order valence-electron chi connectivity index (χ0n) is 9.38. The van der Waals surface area contributed by atoms with Gasteiger partial charge in [0.05, 0.1) is 26.2 Å². The van der Waals surface area contributed by atoms with Crippen molar-refractivity contribution in [3.8, 4) is 0 Å². The highest BCUT2D eigenvalue weighted by molar-refractivity contribution is 5.72. The van der Waals surface area contributed by atoms with Gasteiger partial charge in [0.15, 0.2) is 0 Å². The molecule has 0 heterocycles. The predicted octanol–water partition coefficient (Wildman–Crippen LogP) is 0.482. The highest BCUT2D eigenvalue weighted by Gasteiger charge is 2.03. The fourth-order valence-corrected chi connectivity index (χ4v) is 0.881. The van der Waals surface area contributed by atoms with Gasteiger partial charge in [-0.25, -0.2) is 0 Å². The second kappa shape index (κ2) is 9.45. The van der Waals surface area contributed by atoms with Gasteiger partial charge in [-0.2, -0.15) is 0 Å². The van der Waals surface area contributed by atoms with Crippen LogP contribution in [0.25, 0.3) is 0 Å². The van der Waals surface area contributed by atoms with E-state index in [1.165, 1.54) is 0 Å². The highest BCUT2D eigenvalue weighted by atomic mass is 16.5. The third-order valence-corrected chi connectivity index (χ3v) is 1.55. The van der Waals surface area contributed by atoms with Gasteiger partial charge in [0.1, 0.15) is 0 Å². The summed E-state index contributed by atoms with van der Waals surface area (Å²) < 4.78 is 9.55.